The highest BCUT2D eigenvalue weighted by Crippen LogP contribution is 2.33. The van der Waals surface area contributed by atoms with Gasteiger partial charge in [-0.2, -0.15) is 0 Å². The van der Waals surface area contributed by atoms with Crippen LogP contribution in [0.5, 0.6) is 0 Å². The van der Waals surface area contributed by atoms with Crippen LogP contribution in [-0.2, 0) is 14.4 Å². The van der Waals surface area contributed by atoms with Gasteiger partial charge in [0.05, 0.1) is 21.2 Å². The summed E-state index contributed by atoms with van der Waals surface area (Å²) in [7, 11) is 0. The summed E-state index contributed by atoms with van der Waals surface area (Å²) in [5.74, 6) is 14.2. The Hall–Kier alpha value is -0.660. The number of hydrogen-bond donors (Lipinski definition) is 6. The van der Waals surface area contributed by atoms with E-state index in [9.17, 15) is 14.4 Å². The van der Waals surface area contributed by atoms with Crippen LogP contribution in [0.4, 0.5) is 0 Å². The molecule has 0 saturated heterocycles. The fourth-order valence-corrected chi connectivity index (χ4v) is 4.19. The first kappa shape index (κ1) is 18.3. The lowest BCUT2D eigenvalue weighted by Gasteiger charge is -2.14. The van der Waals surface area contributed by atoms with Crippen LogP contribution in [0.3, 0.4) is 0 Å². The highest BCUT2D eigenvalue weighted by atomic mass is 32.3. The molecular weight excluding hydrogens is 312 g/mol. The minimum atomic E-state index is -0.345. The molecule has 0 aliphatic rings. The van der Waals surface area contributed by atoms with Crippen molar-refractivity contribution in [1.29, 1.82) is 0 Å². The van der Waals surface area contributed by atoms with Gasteiger partial charge >= 0.3 is 0 Å². The third-order valence-corrected chi connectivity index (χ3v) is 6.09. The van der Waals surface area contributed by atoms with E-state index in [0.29, 0.717) is 0 Å². The molecule has 0 aliphatic carbocycles. The largest absolute Gasteiger partial charge is 0.294 e. The van der Waals surface area contributed by atoms with E-state index in [2.05, 4.69) is 0 Å². The maximum absolute atomic E-state index is 11.0. The Bertz CT molecular complexity index is 271. The minimum absolute atomic E-state index is 0.121. The first-order valence-corrected chi connectivity index (χ1v) is 8.01. The number of carbonyl (C=O) groups excluding carboxylic acids is 3. The second-order valence-electron chi connectivity index (χ2n) is 2.92. The zero-order valence-corrected chi connectivity index (χ0v) is 12.3. The Morgan fingerprint density at radius 1 is 0.737 bits per heavy atom. The highest BCUT2D eigenvalue weighted by molar-refractivity contribution is 8.32. The van der Waals surface area contributed by atoms with Gasteiger partial charge in [-0.05, 0) is 0 Å². The minimum Gasteiger partial charge on any atom is -0.294 e. The molecule has 0 heterocycles. The number of hydrogen-bond acceptors (Lipinski definition) is 9. The number of rotatable bonds is 9. The van der Waals surface area contributed by atoms with Crippen molar-refractivity contribution in [2.24, 2.45) is 17.5 Å². The lowest BCUT2D eigenvalue weighted by atomic mass is 10.8. The van der Waals surface area contributed by atoms with Crippen molar-refractivity contribution in [3.8, 4) is 0 Å². The Balaban J connectivity index is 4.16. The number of thioether (sulfide) groups is 3. The molecule has 12 heteroatoms. The molecule has 0 rings (SSSR count). The number of nitrogens with one attached hydrogen (secondary N) is 3. The Labute approximate surface area is 122 Å². The molecule has 0 fully saturated rings. The number of carbonyl (C=O) groups is 3. The van der Waals surface area contributed by atoms with Crippen LogP contribution in [0.1, 0.15) is 0 Å². The summed E-state index contributed by atoms with van der Waals surface area (Å²) in [5.41, 5.74) is 5.99. The van der Waals surface area contributed by atoms with Gasteiger partial charge in [-0.25, -0.2) is 17.5 Å². The van der Waals surface area contributed by atoms with Crippen molar-refractivity contribution in [3.63, 3.8) is 0 Å². The average Bonchev–Trinajstić information content (AvgIpc) is 2.44. The quantitative estimate of drug-likeness (QED) is 0.115. The van der Waals surface area contributed by atoms with E-state index in [0.717, 1.165) is 0 Å². The number of nitrogens with two attached hydrogens (primary N) is 3. The third kappa shape index (κ3) is 9.86. The molecule has 0 aromatic carbocycles. The second kappa shape index (κ2) is 11.2. The van der Waals surface area contributed by atoms with Crippen molar-refractivity contribution in [2.45, 2.75) is 3.91 Å². The van der Waals surface area contributed by atoms with Crippen molar-refractivity contribution in [1.82, 2.24) is 16.3 Å². The first-order chi connectivity index (χ1) is 9.03. The van der Waals surface area contributed by atoms with E-state index in [-0.39, 0.29) is 38.9 Å². The molecule has 0 atom stereocenters. The van der Waals surface area contributed by atoms with Crippen LogP contribution in [0, 0.1) is 0 Å². The smallest absolute Gasteiger partial charge is 0.243 e. The van der Waals surface area contributed by atoms with E-state index in [1.54, 1.807) is 0 Å². The predicted octanol–water partition coefficient (Wildman–Crippen LogP) is -2.56. The van der Waals surface area contributed by atoms with Gasteiger partial charge in [-0.15, -0.1) is 35.3 Å². The van der Waals surface area contributed by atoms with Crippen LogP contribution in [0.15, 0.2) is 0 Å². The van der Waals surface area contributed by atoms with Gasteiger partial charge in [0.2, 0.25) is 17.7 Å². The highest BCUT2D eigenvalue weighted by Gasteiger charge is 2.16. The molecule has 9 N–H and O–H groups in total. The molecule has 9 nitrogen and oxygen atoms in total. The van der Waals surface area contributed by atoms with E-state index in [1.807, 2.05) is 16.3 Å². The topological polar surface area (TPSA) is 165 Å². The van der Waals surface area contributed by atoms with Gasteiger partial charge in [-0.1, -0.05) is 0 Å². The standard InChI is InChI=1S/C7H16N6O3S3/c8-11-4(14)1-17-7(18-2-5(15)12-9)19-3-6(16)13-10/h7H,1-3,8-10H2,(H,11,14)(H,12,15)(H,13,16). The van der Waals surface area contributed by atoms with Gasteiger partial charge in [-0.3, -0.25) is 30.7 Å². The third-order valence-electron chi connectivity index (χ3n) is 1.53. The normalized spacial score (nSPS) is 10.1. The summed E-state index contributed by atoms with van der Waals surface area (Å²) in [4.78, 5) is 33.1. The molecular formula is C7H16N6O3S3. The van der Waals surface area contributed by atoms with E-state index in [1.165, 1.54) is 35.3 Å². The Morgan fingerprint density at radius 3 is 1.21 bits per heavy atom. The fraction of sp³-hybridized carbons (Fsp3) is 0.571. The van der Waals surface area contributed by atoms with E-state index < -0.39 is 0 Å². The average molecular weight is 328 g/mol. The van der Waals surface area contributed by atoms with E-state index >= 15 is 0 Å². The van der Waals surface area contributed by atoms with Gasteiger partial charge < -0.3 is 0 Å². The molecule has 110 valence electrons. The van der Waals surface area contributed by atoms with Crippen molar-refractivity contribution in [3.05, 3.63) is 0 Å². The zero-order chi connectivity index (χ0) is 14.7. The molecule has 3 amide bonds. The first-order valence-electron chi connectivity index (χ1n) is 4.86. The monoisotopic (exact) mass is 328 g/mol. The fourth-order valence-electron chi connectivity index (χ4n) is 0.701. The summed E-state index contributed by atoms with van der Waals surface area (Å²) in [6.07, 6.45) is 0. The second-order valence-corrected chi connectivity index (χ2v) is 7.10. The lowest BCUT2D eigenvalue weighted by molar-refractivity contribution is -0.119. The van der Waals surface area contributed by atoms with Crippen LogP contribution < -0.4 is 33.8 Å². The summed E-state index contributed by atoms with van der Waals surface area (Å²) < 4.78 is -0.202. The predicted molar refractivity (Wildman–Crippen MR) is 78.2 cm³/mol. The summed E-state index contributed by atoms with van der Waals surface area (Å²) in [6, 6.07) is 0. The maximum atomic E-state index is 11.0. The molecule has 0 aromatic heterocycles. The van der Waals surface area contributed by atoms with Gasteiger partial charge in [0.1, 0.15) is 0 Å². The van der Waals surface area contributed by atoms with Crippen LogP contribution in [0.2, 0.25) is 0 Å². The van der Waals surface area contributed by atoms with Crippen LogP contribution in [-0.4, -0.2) is 38.9 Å². The molecule has 0 aliphatic heterocycles. The van der Waals surface area contributed by atoms with E-state index in [4.69, 9.17) is 17.5 Å². The molecule has 0 spiro atoms. The summed E-state index contributed by atoms with van der Waals surface area (Å²) in [6.45, 7) is 0. The lowest BCUT2D eigenvalue weighted by Crippen LogP contribution is -2.33. The number of hydrazine groups is 3. The van der Waals surface area contributed by atoms with Crippen molar-refractivity contribution in [2.75, 3.05) is 17.3 Å². The molecule has 0 radical (unpaired) electrons. The molecule has 0 saturated carbocycles. The maximum Gasteiger partial charge on any atom is 0.243 e. The van der Waals surface area contributed by atoms with Crippen LogP contribution in [0.25, 0.3) is 0 Å². The van der Waals surface area contributed by atoms with Gasteiger partial charge in [0.15, 0.2) is 0 Å². The number of amides is 3. The van der Waals surface area contributed by atoms with Crippen molar-refractivity contribution >= 4 is 53.0 Å². The summed E-state index contributed by atoms with van der Waals surface area (Å²) in [5, 5.41) is 0. The molecule has 0 unspecified atom stereocenters. The van der Waals surface area contributed by atoms with Crippen molar-refractivity contribution < 1.29 is 14.4 Å². The molecule has 0 bridgehead atoms. The van der Waals surface area contributed by atoms with Gasteiger partial charge in [0.25, 0.3) is 0 Å². The Morgan fingerprint density at radius 2 is 1.00 bits per heavy atom. The SMILES string of the molecule is NNC(=O)CSC(SCC(=O)NN)SCC(=O)NN. The Kier molecular flexibility index (Phi) is 10.8. The van der Waals surface area contributed by atoms with Gasteiger partial charge in [0, 0.05) is 0 Å². The zero-order valence-electron chi connectivity index (χ0n) is 9.88. The molecule has 19 heavy (non-hydrogen) atoms. The molecule has 0 aromatic rings. The summed E-state index contributed by atoms with van der Waals surface area (Å²) >= 11 is 3.75. The van der Waals surface area contributed by atoms with Crippen LogP contribution >= 0.6 is 35.3 Å².